The van der Waals surface area contributed by atoms with Gasteiger partial charge in [-0.15, -0.1) is 0 Å². The highest BCUT2D eigenvalue weighted by Crippen LogP contribution is 2.22. The number of benzene rings is 1. The van der Waals surface area contributed by atoms with Gasteiger partial charge in [-0.25, -0.2) is 9.59 Å². The molecule has 2 heterocycles. The Balaban J connectivity index is 1.86. The maximum Gasteiger partial charge on any atom is 0.340 e. The molecule has 0 spiro atoms. The minimum absolute atomic E-state index is 0.104. The molecule has 0 saturated heterocycles. The lowest BCUT2D eigenvalue weighted by molar-refractivity contribution is -0.114. The van der Waals surface area contributed by atoms with E-state index >= 15 is 0 Å². The van der Waals surface area contributed by atoms with Gasteiger partial charge in [-0.2, -0.15) is 0 Å². The molecule has 1 amide bonds. The van der Waals surface area contributed by atoms with Gasteiger partial charge in [0.15, 0.2) is 0 Å². The summed E-state index contributed by atoms with van der Waals surface area (Å²) in [5, 5.41) is 3.23. The number of carbonyl (C=O) groups excluding carboxylic acids is 2. The first-order valence-corrected chi connectivity index (χ1v) is 8.34. The van der Waals surface area contributed by atoms with Crippen molar-refractivity contribution in [2.45, 2.75) is 13.5 Å². The molecule has 1 aromatic carbocycles. The van der Waals surface area contributed by atoms with Crippen LogP contribution in [-0.2, 0) is 16.1 Å². The fourth-order valence-corrected chi connectivity index (χ4v) is 2.75. The molecular weight excluding hydrogens is 404 g/mol. The number of pyridine rings is 1. The van der Waals surface area contributed by atoms with E-state index < -0.39 is 11.6 Å². The highest BCUT2D eigenvalue weighted by Gasteiger charge is 2.12. The van der Waals surface area contributed by atoms with Crippen molar-refractivity contribution in [3.8, 4) is 0 Å². The predicted octanol–water partition coefficient (Wildman–Crippen LogP) is 3.27. The van der Waals surface area contributed by atoms with Crippen molar-refractivity contribution in [2.24, 2.45) is 0 Å². The number of fused-ring (bicyclic) bond motifs is 1. The van der Waals surface area contributed by atoms with Gasteiger partial charge in [0.2, 0.25) is 5.91 Å². The Labute approximate surface area is 156 Å². The Kier molecular flexibility index (Phi) is 5.13. The van der Waals surface area contributed by atoms with Crippen molar-refractivity contribution < 1.29 is 18.7 Å². The largest absolute Gasteiger partial charge is 0.457 e. The number of aromatic nitrogens is 1. The summed E-state index contributed by atoms with van der Waals surface area (Å²) in [6.45, 7) is 1.28. The summed E-state index contributed by atoms with van der Waals surface area (Å²) in [5.41, 5.74) is 1.01. The molecule has 0 saturated carbocycles. The highest BCUT2D eigenvalue weighted by atomic mass is 79.9. The fourth-order valence-electron chi connectivity index (χ4n) is 2.38. The molecule has 0 unspecified atom stereocenters. The van der Waals surface area contributed by atoms with Crippen LogP contribution < -0.4 is 10.9 Å². The Bertz CT molecular complexity index is 1060. The summed E-state index contributed by atoms with van der Waals surface area (Å²) < 4.78 is 11.1. The zero-order chi connectivity index (χ0) is 18.7. The van der Waals surface area contributed by atoms with E-state index in [1.807, 2.05) is 0 Å². The van der Waals surface area contributed by atoms with Crippen molar-refractivity contribution >= 4 is 44.5 Å². The first kappa shape index (κ1) is 17.8. The van der Waals surface area contributed by atoms with Gasteiger partial charge in [0, 0.05) is 52.6 Å². The topological polar surface area (TPSA) is 98.5 Å². The number of hydrogen-bond donors (Lipinski definition) is 1. The molecule has 0 bridgehead atoms. The van der Waals surface area contributed by atoms with Gasteiger partial charge in [0.25, 0.3) is 0 Å². The summed E-state index contributed by atoms with van der Waals surface area (Å²) in [6, 6.07) is 7.77. The van der Waals surface area contributed by atoms with Crippen molar-refractivity contribution in [3.05, 3.63) is 68.7 Å². The molecular formula is C18H13BrN2O5. The van der Waals surface area contributed by atoms with E-state index in [1.165, 1.54) is 19.2 Å². The van der Waals surface area contributed by atoms with Crippen LogP contribution in [0.25, 0.3) is 11.0 Å². The van der Waals surface area contributed by atoms with Crippen LogP contribution in [0, 0.1) is 0 Å². The van der Waals surface area contributed by atoms with Crippen LogP contribution >= 0.6 is 15.9 Å². The minimum Gasteiger partial charge on any atom is -0.457 e. The zero-order valence-electron chi connectivity index (χ0n) is 13.6. The Hall–Kier alpha value is -3.00. The number of rotatable bonds is 4. The third kappa shape index (κ3) is 4.15. The second kappa shape index (κ2) is 7.49. The Morgan fingerprint density at radius 1 is 1.23 bits per heavy atom. The lowest BCUT2D eigenvalue weighted by atomic mass is 10.1. The molecule has 0 radical (unpaired) electrons. The first-order chi connectivity index (χ1) is 12.4. The predicted molar refractivity (Wildman–Crippen MR) is 97.8 cm³/mol. The van der Waals surface area contributed by atoms with Crippen molar-refractivity contribution in [3.63, 3.8) is 0 Å². The molecule has 1 N–H and O–H groups in total. The average molecular weight is 417 g/mol. The van der Waals surface area contributed by atoms with Gasteiger partial charge in [0.05, 0.1) is 5.56 Å². The van der Waals surface area contributed by atoms with Crippen LogP contribution in [0.3, 0.4) is 0 Å². The van der Waals surface area contributed by atoms with Crippen LogP contribution in [0.2, 0.25) is 0 Å². The molecule has 132 valence electrons. The maximum absolute atomic E-state index is 12.1. The molecule has 3 aromatic rings. The molecule has 0 aliphatic carbocycles. The number of amides is 1. The van der Waals surface area contributed by atoms with Crippen LogP contribution in [-0.4, -0.2) is 16.9 Å². The molecule has 0 aliphatic rings. The average Bonchev–Trinajstić information content (AvgIpc) is 2.58. The van der Waals surface area contributed by atoms with Crippen molar-refractivity contribution in [1.29, 1.82) is 0 Å². The normalized spacial score (nSPS) is 10.5. The molecule has 2 aromatic heterocycles. The number of anilines is 1. The van der Waals surface area contributed by atoms with E-state index in [0.29, 0.717) is 32.3 Å². The summed E-state index contributed by atoms with van der Waals surface area (Å²) in [7, 11) is 0. The van der Waals surface area contributed by atoms with Crippen LogP contribution in [0.15, 0.2) is 56.4 Å². The third-order valence-corrected chi connectivity index (χ3v) is 3.88. The van der Waals surface area contributed by atoms with E-state index in [-0.39, 0.29) is 12.5 Å². The molecule has 7 nitrogen and oxygen atoms in total. The van der Waals surface area contributed by atoms with Crippen LogP contribution in [0.1, 0.15) is 22.8 Å². The van der Waals surface area contributed by atoms with Gasteiger partial charge >= 0.3 is 11.6 Å². The van der Waals surface area contributed by atoms with Gasteiger partial charge in [-0.1, -0.05) is 0 Å². The number of carbonyl (C=O) groups is 2. The first-order valence-electron chi connectivity index (χ1n) is 7.54. The standard InChI is InChI=1S/C18H13BrN2O5/c1-10(22)21-14-2-3-15-12(5-17(23)26-16(15)6-14)9-25-18(24)11-4-13(19)8-20-7-11/h2-8H,9H2,1H3,(H,21,22). The smallest absolute Gasteiger partial charge is 0.340 e. The van der Waals surface area contributed by atoms with Crippen molar-refractivity contribution in [2.75, 3.05) is 5.32 Å². The Morgan fingerprint density at radius 3 is 2.77 bits per heavy atom. The number of nitrogens with one attached hydrogen (secondary N) is 1. The summed E-state index contributed by atoms with van der Waals surface area (Å²) in [4.78, 5) is 39.0. The summed E-state index contributed by atoms with van der Waals surface area (Å²) >= 11 is 3.24. The van der Waals surface area contributed by atoms with E-state index in [9.17, 15) is 14.4 Å². The summed E-state index contributed by atoms with van der Waals surface area (Å²) in [6.07, 6.45) is 2.95. The molecule has 0 aliphatic heterocycles. The fraction of sp³-hybridized carbons (Fsp3) is 0.111. The van der Waals surface area contributed by atoms with Gasteiger partial charge < -0.3 is 14.5 Å². The monoisotopic (exact) mass is 416 g/mol. The van der Waals surface area contributed by atoms with Crippen LogP contribution in [0.4, 0.5) is 5.69 Å². The third-order valence-electron chi connectivity index (χ3n) is 3.45. The maximum atomic E-state index is 12.1. The number of hydrogen-bond acceptors (Lipinski definition) is 6. The second-order valence-electron chi connectivity index (χ2n) is 5.45. The number of ether oxygens (including phenoxy) is 1. The van der Waals surface area contributed by atoms with E-state index in [4.69, 9.17) is 9.15 Å². The van der Waals surface area contributed by atoms with E-state index in [0.717, 1.165) is 0 Å². The molecule has 0 fully saturated rings. The zero-order valence-corrected chi connectivity index (χ0v) is 15.2. The Morgan fingerprint density at radius 2 is 2.04 bits per heavy atom. The van der Waals surface area contributed by atoms with Gasteiger partial charge in [0.1, 0.15) is 12.2 Å². The minimum atomic E-state index is -0.576. The van der Waals surface area contributed by atoms with Gasteiger partial charge in [-0.05, 0) is 34.1 Å². The molecule has 26 heavy (non-hydrogen) atoms. The van der Waals surface area contributed by atoms with Crippen LogP contribution in [0.5, 0.6) is 0 Å². The molecule has 8 heteroatoms. The van der Waals surface area contributed by atoms with E-state index in [2.05, 4.69) is 26.2 Å². The van der Waals surface area contributed by atoms with Crippen molar-refractivity contribution in [1.82, 2.24) is 4.98 Å². The molecule has 0 atom stereocenters. The summed E-state index contributed by atoms with van der Waals surface area (Å²) in [5.74, 6) is -0.797. The lowest BCUT2D eigenvalue weighted by Crippen LogP contribution is -2.09. The lowest BCUT2D eigenvalue weighted by Gasteiger charge is -2.09. The number of esters is 1. The number of nitrogens with zero attached hydrogens (tertiary/aromatic N) is 1. The molecule has 3 rings (SSSR count). The quantitative estimate of drug-likeness (QED) is 0.517. The second-order valence-corrected chi connectivity index (χ2v) is 6.37. The number of halogens is 1. The highest BCUT2D eigenvalue weighted by molar-refractivity contribution is 9.10. The SMILES string of the molecule is CC(=O)Nc1ccc2c(COC(=O)c3cncc(Br)c3)cc(=O)oc2c1. The van der Waals surface area contributed by atoms with Gasteiger partial charge in [-0.3, -0.25) is 9.78 Å². The van der Waals surface area contributed by atoms with E-state index in [1.54, 1.807) is 30.5 Å².